The number of anilines is 1. The van der Waals surface area contributed by atoms with Crippen LogP contribution in [0, 0.1) is 10.1 Å². The molecule has 0 atom stereocenters. The third-order valence-corrected chi connectivity index (χ3v) is 9.94. The minimum absolute atomic E-state index is 0.0110. The normalized spacial score (nSPS) is 11.4. The molecule has 12 heteroatoms. The summed E-state index contributed by atoms with van der Waals surface area (Å²) in [6.07, 6.45) is 3.12. The summed E-state index contributed by atoms with van der Waals surface area (Å²) in [5.74, 6) is -2.05. The number of nitrogens with zero attached hydrogens (tertiary/aromatic N) is 3. The molecule has 0 saturated carbocycles. The number of aryl methyl sites for hydroxylation is 1. The number of oxime groups is 2. The van der Waals surface area contributed by atoms with Gasteiger partial charge in [0.2, 0.25) is 11.6 Å². The Balaban J connectivity index is 1.09. The molecule has 0 aromatic heterocycles. The SMILES string of the molecule is CCCCC(=O)O/N=C(\C(=O)c1ccc(-c2cc(CCCCC(=O)O/N=C(\C(=O)c3ccc(-c4ccc(N)cc4)cc3)c3ccccc3)ccc2[N+](=O)[O-])cc1)c1ccccc1. The molecule has 0 aliphatic rings. The van der Waals surface area contributed by atoms with E-state index in [1.165, 1.54) is 6.07 Å². The van der Waals surface area contributed by atoms with Crippen molar-refractivity contribution >= 4 is 46.3 Å². The second-order valence-corrected chi connectivity index (χ2v) is 14.4. The number of nitrogens with two attached hydrogens (primary N) is 1. The van der Waals surface area contributed by atoms with Crippen molar-refractivity contribution in [2.75, 3.05) is 5.73 Å². The zero-order valence-corrected chi connectivity index (χ0v) is 34.1. The van der Waals surface area contributed by atoms with Gasteiger partial charge in [0, 0.05) is 46.8 Å². The molecule has 0 bridgehead atoms. The van der Waals surface area contributed by atoms with E-state index in [1.54, 1.807) is 115 Å². The van der Waals surface area contributed by atoms with Crippen LogP contribution in [0.5, 0.6) is 0 Å². The molecule has 0 radical (unpaired) electrons. The fourth-order valence-electron chi connectivity index (χ4n) is 6.54. The Hall–Kier alpha value is -7.86. The molecule has 0 heterocycles. The Morgan fingerprint density at radius 2 is 1.03 bits per heavy atom. The lowest BCUT2D eigenvalue weighted by Gasteiger charge is -2.09. The van der Waals surface area contributed by atoms with Crippen molar-refractivity contribution in [1.82, 2.24) is 0 Å². The first-order valence-corrected chi connectivity index (χ1v) is 20.2. The van der Waals surface area contributed by atoms with Crippen LogP contribution >= 0.6 is 0 Å². The number of Topliss-reactive ketones (excluding diaryl/α,β-unsaturated/α-hetero) is 2. The second kappa shape index (κ2) is 21.4. The van der Waals surface area contributed by atoms with Gasteiger partial charge in [-0.05, 0) is 66.1 Å². The fraction of sp³-hybridized carbons (Fsp3) is 0.160. The molecule has 0 fully saturated rings. The maximum absolute atomic E-state index is 13.6. The van der Waals surface area contributed by atoms with Crippen molar-refractivity contribution in [1.29, 1.82) is 0 Å². The summed E-state index contributed by atoms with van der Waals surface area (Å²) in [6, 6.07) is 43.1. The van der Waals surface area contributed by atoms with E-state index in [0.717, 1.165) is 23.1 Å². The number of unbranched alkanes of at least 4 members (excludes halogenated alkanes) is 2. The molecule has 6 aromatic carbocycles. The van der Waals surface area contributed by atoms with E-state index in [0.29, 0.717) is 59.2 Å². The lowest BCUT2D eigenvalue weighted by atomic mass is 9.95. The molecule has 312 valence electrons. The van der Waals surface area contributed by atoms with Gasteiger partial charge in [-0.1, -0.05) is 151 Å². The first-order valence-electron chi connectivity index (χ1n) is 20.2. The third-order valence-electron chi connectivity index (χ3n) is 9.94. The summed E-state index contributed by atoms with van der Waals surface area (Å²) in [4.78, 5) is 74.3. The first kappa shape index (κ1) is 43.7. The van der Waals surface area contributed by atoms with Gasteiger partial charge in [-0.2, -0.15) is 0 Å². The van der Waals surface area contributed by atoms with Crippen LogP contribution in [-0.4, -0.2) is 39.9 Å². The Labute approximate surface area is 358 Å². The van der Waals surface area contributed by atoms with E-state index in [-0.39, 0.29) is 35.5 Å². The number of carbonyl (C=O) groups excluding carboxylic acids is 4. The van der Waals surface area contributed by atoms with Crippen LogP contribution in [-0.2, 0) is 25.7 Å². The number of hydrogen-bond donors (Lipinski definition) is 1. The number of nitro benzene ring substituents is 1. The van der Waals surface area contributed by atoms with Crippen LogP contribution in [0.25, 0.3) is 22.3 Å². The number of nitro groups is 1. The van der Waals surface area contributed by atoms with Crippen LogP contribution in [0.3, 0.4) is 0 Å². The number of ketones is 2. The van der Waals surface area contributed by atoms with E-state index < -0.39 is 28.4 Å². The molecule has 0 amide bonds. The molecule has 0 aliphatic carbocycles. The largest absolute Gasteiger partial charge is 0.399 e. The maximum Gasteiger partial charge on any atom is 0.335 e. The van der Waals surface area contributed by atoms with Crippen molar-refractivity contribution in [2.24, 2.45) is 10.3 Å². The molecule has 0 saturated heterocycles. The third kappa shape index (κ3) is 11.7. The monoisotopic (exact) mass is 828 g/mol. The molecule has 0 aliphatic heterocycles. The molecule has 0 spiro atoms. The van der Waals surface area contributed by atoms with E-state index in [1.807, 2.05) is 37.3 Å². The minimum atomic E-state index is -0.612. The van der Waals surface area contributed by atoms with Gasteiger partial charge in [0.05, 0.1) is 10.5 Å². The van der Waals surface area contributed by atoms with Crippen LogP contribution < -0.4 is 5.73 Å². The summed E-state index contributed by atoms with van der Waals surface area (Å²) in [5.41, 5.74) is 11.4. The Kier molecular flexibility index (Phi) is 15.1. The van der Waals surface area contributed by atoms with E-state index in [4.69, 9.17) is 15.4 Å². The van der Waals surface area contributed by atoms with Crippen molar-refractivity contribution in [3.63, 3.8) is 0 Å². The predicted molar refractivity (Wildman–Crippen MR) is 239 cm³/mol. The van der Waals surface area contributed by atoms with Gasteiger partial charge in [0.15, 0.2) is 11.4 Å². The Morgan fingerprint density at radius 1 is 0.565 bits per heavy atom. The van der Waals surface area contributed by atoms with Gasteiger partial charge in [0.1, 0.15) is 0 Å². The molecular formula is C50H44N4O8. The fourth-order valence-corrected chi connectivity index (χ4v) is 6.54. The molecular weight excluding hydrogens is 785 g/mol. The zero-order valence-electron chi connectivity index (χ0n) is 34.1. The molecule has 6 rings (SSSR count). The number of hydrogen-bond acceptors (Lipinski definition) is 11. The summed E-state index contributed by atoms with van der Waals surface area (Å²) >= 11 is 0. The van der Waals surface area contributed by atoms with Gasteiger partial charge in [-0.3, -0.25) is 19.7 Å². The topological polar surface area (TPSA) is 181 Å². The highest BCUT2D eigenvalue weighted by Crippen LogP contribution is 2.32. The van der Waals surface area contributed by atoms with Crippen molar-refractivity contribution in [2.45, 2.75) is 51.9 Å². The van der Waals surface area contributed by atoms with E-state index >= 15 is 0 Å². The minimum Gasteiger partial charge on any atom is -0.399 e. The number of benzene rings is 6. The quantitative estimate of drug-likeness (QED) is 0.0158. The Bertz CT molecular complexity index is 2590. The summed E-state index contributed by atoms with van der Waals surface area (Å²) in [7, 11) is 0. The number of carbonyl (C=O) groups is 4. The maximum atomic E-state index is 13.6. The summed E-state index contributed by atoms with van der Waals surface area (Å²) in [5, 5.41) is 20.0. The van der Waals surface area contributed by atoms with Crippen LogP contribution in [0.1, 0.15) is 82.9 Å². The van der Waals surface area contributed by atoms with Crippen LogP contribution in [0.2, 0.25) is 0 Å². The number of nitrogen functional groups attached to an aromatic ring is 1. The van der Waals surface area contributed by atoms with Gasteiger partial charge in [-0.15, -0.1) is 0 Å². The van der Waals surface area contributed by atoms with E-state index in [9.17, 15) is 29.3 Å². The zero-order chi connectivity index (χ0) is 43.8. The number of rotatable bonds is 19. The summed E-state index contributed by atoms with van der Waals surface area (Å²) in [6.45, 7) is 1.95. The van der Waals surface area contributed by atoms with Crippen molar-refractivity contribution in [3.8, 4) is 22.3 Å². The average Bonchev–Trinajstić information content (AvgIpc) is 3.30. The highest BCUT2D eigenvalue weighted by atomic mass is 16.7. The predicted octanol–water partition coefficient (Wildman–Crippen LogP) is 10.4. The molecule has 2 N–H and O–H groups in total. The van der Waals surface area contributed by atoms with Crippen LogP contribution in [0.15, 0.2) is 162 Å². The molecule has 6 aromatic rings. The standard InChI is InChI=1S/C50H44N4O8/c1-2-3-17-45(55)61-52-48(39-15-8-5-9-16-39)50(58)41-26-22-37(23-27-41)43-33-34(19-32-44(43)54(59)60)12-10-11-18-46(56)62-53-47(38-13-6-4-7-14-38)49(57)40-24-20-35(21-25-40)36-28-30-42(51)31-29-36/h4-9,13-16,19-33H,2-3,10-12,17-18,51H2,1H3/b52-48-,53-47-. The van der Waals surface area contributed by atoms with Gasteiger partial charge in [-0.25, -0.2) is 9.59 Å². The highest BCUT2D eigenvalue weighted by molar-refractivity contribution is 6.52. The molecule has 62 heavy (non-hydrogen) atoms. The molecule has 12 nitrogen and oxygen atoms in total. The van der Waals surface area contributed by atoms with Gasteiger partial charge in [0.25, 0.3) is 5.69 Å². The van der Waals surface area contributed by atoms with Crippen molar-refractivity contribution < 1.29 is 33.8 Å². The smallest absolute Gasteiger partial charge is 0.335 e. The average molecular weight is 829 g/mol. The van der Waals surface area contributed by atoms with Gasteiger partial charge >= 0.3 is 11.9 Å². The summed E-state index contributed by atoms with van der Waals surface area (Å²) < 4.78 is 0. The first-order chi connectivity index (χ1) is 30.1. The highest BCUT2D eigenvalue weighted by Gasteiger charge is 2.22. The van der Waals surface area contributed by atoms with Crippen molar-refractivity contribution in [3.05, 3.63) is 190 Å². The molecule has 0 unspecified atom stereocenters. The van der Waals surface area contributed by atoms with Gasteiger partial charge < -0.3 is 15.4 Å². The second-order valence-electron chi connectivity index (χ2n) is 14.4. The van der Waals surface area contributed by atoms with E-state index in [2.05, 4.69) is 10.3 Å². The lowest BCUT2D eigenvalue weighted by molar-refractivity contribution is -0.384. The lowest BCUT2D eigenvalue weighted by Crippen LogP contribution is -2.17. The Morgan fingerprint density at radius 3 is 1.52 bits per heavy atom. The van der Waals surface area contributed by atoms with Crippen LogP contribution in [0.4, 0.5) is 11.4 Å².